The van der Waals surface area contributed by atoms with E-state index in [1.54, 1.807) is 31.4 Å². The van der Waals surface area contributed by atoms with Crippen LogP contribution < -0.4 is 14.2 Å². The number of ether oxygens (including phenoxy) is 3. The lowest BCUT2D eigenvalue weighted by molar-refractivity contribution is -0.114. The number of amides is 1. The Labute approximate surface area is 202 Å². The molecule has 0 aromatic heterocycles. The number of rotatable bonds is 8. The van der Waals surface area contributed by atoms with Crippen molar-refractivity contribution in [2.75, 3.05) is 20.3 Å². The molecule has 0 saturated carbocycles. The predicted octanol–water partition coefficient (Wildman–Crippen LogP) is 4.74. The number of nitrogens with one attached hydrogen (secondary N) is 1. The van der Waals surface area contributed by atoms with E-state index in [9.17, 15) is 4.79 Å². The Morgan fingerprint density at radius 3 is 2.65 bits per heavy atom. The summed E-state index contributed by atoms with van der Waals surface area (Å²) in [6, 6.07) is 13.2. The number of thioether (sulfide) groups is 1. The van der Waals surface area contributed by atoms with Gasteiger partial charge in [0.25, 0.3) is 5.91 Å². The van der Waals surface area contributed by atoms with Crippen molar-refractivity contribution in [3.63, 3.8) is 0 Å². The van der Waals surface area contributed by atoms with E-state index in [-0.39, 0.29) is 17.3 Å². The summed E-state index contributed by atoms with van der Waals surface area (Å²) in [6.07, 6.45) is 1.62. The zero-order valence-electron chi connectivity index (χ0n) is 19.5. The van der Waals surface area contributed by atoms with E-state index < -0.39 is 5.91 Å². The van der Waals surface area contributed by atoms with Crippen molar-refractivity contribution in [3.8, 4) is 17.2 Å². The molecule has 4 rings (SSSR count). The largest absolute Gasteiger partial charge is 0.493 e. The Hall–Kier alpha value is -3.59. The van der Waals surface area contributed by atoms with Gasteiger partial charge in [0.1, 0.15) is 24.0 Å². The van der Waals surface area contributed by atoms with E-state index in [1.807, 2.05) is 45.0 Å². The lowest BCUT2D eigenvalue weighted by Gasteiger charge is -2.20. The molecule has 0 radical (unpaired) electrons. The second-order valence-electron chi connectivity index (χ2n) is 8.04. The zero-order chi connectivity index (χ0) is 24.2. The van der Waals surface area contributed by atoms with Crippen LogP contribution in [0, 0.1) is 18.3 Å². The maximum atomic E-state index is 12.6. The van der Waals surface area contributed by atoms with E-state index in [2.05, 4.69) is 10.1 Å². The SMILES string of the molecule is COc1cc(/C=C2\C(=N)N3N=C(C(C)C)SC3=NC2=O)ccc1OCCOc1cccc(C)c1. The minimum absolute atomic E-state index is 0.00532. The highest BCUT2D eigenvalue weighted by Crippen LogP contribution is 2.32. The van der Waals surface area contributed by atoms with E-state index in [0.29, 0.717) is 35.4 Å². The maximum Gasteiger partial charge on any atom is 0.283 e. The molecule has 176 valence electrons. The number of carbonyl (C=O) groups is 1. The van der Waals surface area contributed by atoms with Crippen LogP contribution in [0.25, 0.3) is 6.08 Å². The fourth-order valence-electron chi connectivity index (χ4n) is 3.32. The van der Waals surface area contributed by atoms with Gasteiger partial charge in [-0.05, 0) is 60.2 Å². The molecule has 2 aromatic carbocycles. The average molecular weight is 479 g/mol. The van der Waals surface area contributed by atoms with Gasteiger partial charge in [-0.2, -0.15) is 15.1 Å². The first-order valence-electron chi connectivity index (χ1n) is 10.9. The zero-order valence-corrected chi connectivity index (χ0v) is 20.3. The number of carbonyl (C=O) groups excluding carboxylic acids is 1. The molecule has 2 aliphatic heterocycles. The summed E-state index contributed by atoms with van der Waals surface area (Å²) in [7, 11) is 1.55. The van der Waals surface area contributed by atoms with Crippen molar-refractivity contribution in [1.29, 1.82) is 5.41 Å². The Morgan fingerprint density at radius 1 is 1.12 bits per heavy atom. The van der Waals surface area contributed by atoms with Crippen LogP contribution >= 0.6 is 11.8 Å². The van der Waals surface area contributed by atoms with E-state index in [1.165, 1.54) is 16.8 Å². The first-order valence-corrected chi connectivity index (χ1v) is 11.7. The van der Waals surface area contributed by atoms with Crippen LogP contribution in [-0.4, -0.2) is 47.3 Å². The van der Waals surface area contributed by atoms with Crippen LogP contribution in [0.1, 0.15) is 25.0 Å². The molecule has 2 aromatic rings. The summed E-state index contributed by atoms with van der Waals surface area (Å²) >= 11 is 1.33. The van der Waals surface area contributed by atoms with Crippen LogP contribution in [0.3, 0.4) is 0 Å². The number of hydrogen-bond acceptors (Lipinski definition) is 7. The molecule has 0 bridgehead atoms. The summed E-state index contributed by atoms with van der Waals surface area (Å²) in [4.78, 5) is 16.7. The highest BCUT2D eigenvalue weighted by atomic mass is 32.2. The molecule has 0 atom stereocenters. The molecular formula is C25H26N4O4S. The van der Waals surface area contributed by atoms with Crippen molar-refractivity contribution >= 4 is 39.8 Å². The highest BCUT2D eigenvalue weighted by Gasteiger charge is 2.36. The smallest absolute Gasteiger partial charge is 0.283 e. The summed E-state index contributed by atoms with van der Waals surface area (Å²) in [6.45, 7) is 6.76. The number of amidine groups is 2. The highest BCUT2D eigenvalue weighted by molar-refractivity contribution is 8.27. The first-order chi connectivity index (χ1) is 16.4. The van der Waals surface area contributed by atoms with Crippen molar-refractivity contribution in [1.82, 2.24) is 5.01 Å². The number of benzene rings is 2. The van der Waals surface area contributed by atoms with Crippen LogP contribution in [0.4, 0.5) is 0 Å². The number of aryl methyl sites for hydroxylation is 1. The van der Waals surface area contributed by atoms with Crippen LogP contribution in [0.2, 0.25) is 0 Å². The lowest BCUT2D eigenvalue weighted by atomic mass is 10.1. The van der Waals surface area contributed by atoms with Gasteiger partial charge in [-0.3, -0.25) is 10.2 Å². The number of fused-ring (bicyclic) bond motifs is 1. The molecule has 0 aliphatic carbocycles. The first kappa shape index (κ1) is 23.6. The molecule has 1 N–H and O–H groups in total. The van der Waals surface area contributed by atoms with Gasteiger partial charge in [-0.25, -0.2) is 0 Å². The van der Waals surface area contributed by atoms with Gasteiger partial charge in [-0.15, -0.1) is 0 Å². The predicted molar refractivity (Wildman–Crippen MR) is 135 cm³/mol. The van der Waals surface area contributed by atoms with Crippen LogP contribution in [0.5, 0.6) is 17.2 Å². The Balaban J connectivity index is 1.45. The molecule has 0 spiro atoms. The van der Waals surface area contributed by atoms with Crippen molar-refractivity contribution in [2.45, 2.75) is 20.8 Å². The maximum absolute atomic E-state index is 12.6. The van der Waals surface area contributed by atoms with Gasteiger partial charge < -0.3 is 14.2 Å². The third-order valence-corrected chi connectivity index (χ3v) is 6.27. The third kappa shape index (κ3) is 5.14. The molecule has 0 unspecified atom stereocenters. The van der Waals surface area contributed by atoms with Gasteiger partial charge in [0.05, 0.1) is 12.7 Å². The molecule has 34 heavy (non-hydrogen) atoms. The lowest BCUT2D eigenvalue weighted by Crippen LogP contribution is -2.35. The fourth-order valence-corrected chi connectivity index (χ4v) is 4.21. The molecular weight excluding hydrogens is 452 g/mol. The summed E-state index contributed by atoms with van der Waals surface area (Å²) in [5.74, 6) is 1.60. The number of aliphatic imine (C=N–C) groups is 1. The van der Waals surface area contributed by atoms with Gasteiger partial charge in [0.15, 0.2) is 17.3 Å². The van der Waals surface area contributed by atoms with Gasteiger partial charge in [0, 0.05) is 5.92 Å². The molecule has 0 saturated heterocycles. The minimum Gasteiger partial charge on any atom is -0.493 e. The second-order valence-corrected chi connectivity index (χ2v) is 9.02. The molecule has 2 heterocycles. The molecule has 2 aliphatic rings. The van der Waals surface area contributed by atoms with Crippen LogP contribution in [0.15, 0.2) is 58.1 Å². The topological polar surface area (TPSA) is 96.6 Å². The number of methoxy groups -OCH3 is 1. The van der Waals surface area contributed by atoms with E-state index in [4.69, 9.17) is 19.6 Å². The minimum atomic E-state index is -0.462. The Kier molecular flexibility index (Phi) is 7.02. The third-order valence-electron chi connectivity index (χ3n) is 5.06. The Morgan fingerprint density at radius 2 is 1.91 bits per heavy atom. The molecule has 0 fully saturated rings. The molecule has 8 nitrogen and oxygen atoms in total. The Bertz CT molecular complexity index is 1220. The molecule has 9 heteroatoms. The van der Waals surface area contributed by atoms with E-state index in [0.717, 1.165) is 16.4 Å². The van der Waals surface area contributed by atoms with Gasteiger partial charge in [0.2, 0.25) is 5.17 Å². The number of hydrazone groups is 1. The fraction of sp³-hybridized carbons (Fsp3) is 0.280. The van der Waals surface area contributed by atoms with Crippen molar-refractivity contribution < 1.29 is 19.0 Å². The van der Waals surface area contributed by atoms with Crippen molar-refractivity contribution in [3.05, 3.63) is 59.2 Å². The quantitative estimate of drug-likeness (QED) is 0.435. The standard InChI is InChI=1S/C25H26N4O4S/c1-15(2)24-28-29-22(26)19(23(30)27-25(29)34-24)13-17-8-9-20(21(14-17)31-4)33-11-10-32-18-7-5-6-16(3)12-18/h5-9,12-15,26H,10-11H2,1-4H3/b19-13+,26-22?. The second kappa shape index (κ2) is 10.1. The van der Waals surface area contributed by atoms with E-state index >= 15 is 0 Å². The van der Waals surface area contributed by atoms with Crippen molar-refractivity contribution in [2.24, 2.45) is 16.0 Å². The summed E-state index contributed by atoms with van der Waals surface area (Å²) in [5.41, 5.74) is 1.99. The van der Waals surface area contributed by atoms with Gasteiger partial charge in [-0.1, -0.05) is 32.0 Å². The number of hydrogen-bond donors (Lipinski definition) is 1. The molecule has 1 amide bonds. The number of nitrogens with zero attached hydrogens (tertiary/aromatic N) is 3. The summed E-state index contributed by atoms with van der Waals surface area (Å²) in [5, 5.41) is 15.6. The normalized spacial score (nSPS) is 16.5. The monoisotopic (exact) mass is 478 g/mol. The summed E-state index contributed by atoms with van der Waals surface area (Å²) < 4.78 is 17.0. The average Bonchev–Trinajstić information content (AvgIpc) is 3.24. The van der Waals surface area contributed by atoms with Crippen LogP contribution in [-0.2, 0) is 4.79 Å². The van der Waals surface area contributed by atoms with Gasteiger partial charge >= 0.3 is 0 Å².